The summed E-state index contributed by atoms with van der Waals surface area (Å²) < 4.78 is 29.0. The van der Waals surface area contributed by atoms with Gasteiger partial charge in [0.15, 0.2) is 11.5 Å². The van der Waals surface area contributed by atoms with Crippen molar-refractivity contribution in [2.24, 2.45) is 5.73 Å². The van der Waals surface area contributed by atoms with Gasteiger partial charge in [-0.05, 0) is 37.5 Å². The number of fused-ring (bicyclic) bond motifs is 1. The van der Waals surface area contributed by atoms with Crippen LogP contribution in [0.25, 0.3) is 0 Å². The van der Waals surface area contributed by atoms with Crippen molar-refractivity contribution < 1.29 is 28.5 Å². The first-order chi connectivity index (χ1) is 15.9. The maximum Gasteiger partial charge on any atom is 0.340 e. The molecule has 33 heavy (non-hydrogen) atoms. The monoisotopic (exact) mass is 456 g/mol. The van der Waals surface area contributed by atoms with E-state index in [0.29, 0.717) is 41.5 Å². The number of ether oxygens (including phenoxy) is 5. The Morgan fingerprint density at radius 3 is 2.58 bits per heavy atom. The number of hydrogen-bond donors (Lipinski definition) is 1. The first kappa shape index (κ1) is 22.7. The highest BCUT2D eigenvalue weighted by Gasteiger charge is 2.39. The molecule has 2 atom stereocenters. The lowest BCUT2D eigenvalue weighted by molar-refractivity contribution is -0.136. The lowest BCUT2D eigenvalue weighted by Gasteiger charge is -2.29. The Bertz CT molecular complexity index is 1160. The number of nitrogens with two attached hydrogens (primary N) is 1. The fourth-order valence-electron chi connectivity index (χ4n) is 4.48. The van der Waals surface area contributed by atoms with Gasteiger partial charge in [0.1, 0.15) is 11.3 Å². The molecule has 0 unspecified atom stereocenters. The van der Waals surface area contributed by atoms with Gasteiger partial charge in [-0.1, -0.05) is 6.07 Å². The van der Waals surface area contributed by atoms with E-state index < -0.39 is 11.9 Å². The van der Waals surface area contributed by atoms with Crippen LogP contribution in [0.3, 0.4) is 0 Å². The second kappa shape index (κ2) is 9.19. The first-order valence-electron chi connectivity index (χ1n) is 10.7. The van der Waals surface area contributed by atoms with Crippen LogP contribution in [0.4, 0.5) is 0 Å². The molecule has 0 spiro atoms. The highest BCUT2D eigenvalue weighted by atomic mass is 16.5. The van der Waals surface area contributed by atoms with Crippen molar-refractivity contribution in [1.82, 2.24) is 4.57 Å². The fourth-order valence-corrected chi connectivity index (χ4v) is 4.48. The topological polar surface area (TPSA) is 111 Å². The molecule has 9 nitrogen and oxygen atoms in total. The molecule has 2 aromatic rings. The van der Waals surface area contributed by atoms with Crippen LogP contribution in [0.1, 0.15) is 35.6 Å². The average Bonchev–Trinajstić information content (AvgIpc) is 3.33. The third kappa shape index (κ3) is 4.04. The number of hydrogen-bond acceptors (Lipinski definition) is 8. The van der Waals surface area contributed by atoms with Gasteiger partial charge in [-0.15, -0.1) is 0 Å². The van der Waals surface area contributed by atoms with Crippen LogP contribution in [-0.2, 0) is 20.8 Å². The predicted octanol–water partition coefficient (Wildman–Crippen LogP) is 2.22. The maximum absolute atomic E-state index is 13.8. The number of aromatic nitrogens is 1. The molecule has 176 valence electrons. The van der Waals surface area contributed by atoms with E-state index in [1.807, 2.05) is 6.92 Å². The zero-order valence-electron chi connectivity index (χ0n) is 19.2. The van der Waals surface area contributed by atoms with Crippen molar-refractivity contribution in [3.63, 3.8) is 0 Å². The second-order valence-corrected chi connectivity index (χ2v) is 8.03. The summed E-state index contributed by atoms with van der Waals surface area (Å²) in [4.78, 5) is 26.6. The standard InChI is InChI=1S/C24H28N2O7/c1-13-10-18-20(23(27)26(13)12-15-6-5-9-32-15)19(21(22(25)33-18)24(28)31-4)14-7-8-16(29-2)17(11-14)30-3/h7-8,10-11,15,19H,5-6,9,12,25H2,1-4H3/t15-,19-/m0/s1. The minimum Gasteiger partial charge on any atom is -0.493 e. The van der Waals surface area contributed by atoms with Crippen LogP contribution >= 0.6 is 0 Å². The van der Waals surface area contributed by atoms with Crippen LogP contribution in [-0.4, -0.2) is 44.6 Å². The Balaban J connectivity index is 1.93. The largest absolute Gasteiger partial charge is 0.493 e. The molecule has 1 aromatic carbocycles. The normalized spacial score (nSPS) is 19.6. The van der Waals surface area contributed by atoms with Gasteiger partial charge in [0.25, 0.3) is 5.56 Å². The molecule has 1 aromatic heterocycles. The van der Waals surface area contributed by atoms with E-state index in [1.54, 1.807) is 28.8 Å². The molecule has 2 aliphatic heterocycles. The van der Waals surface area contributed by atoms with E-state index in [2.05, 4.69) is 0 Å². The summed E-state index contributed by atoms with van der Waals surface area (Å²) in [5, 5.41) is 0. The number of aryl methyl sites for hydroxylation is 1. The van der Waals surface area contributed by atoms with Gasteiger partial charge in [0, 0.05) is 18.4 Å². The zero-order chi connectivity index (χ0) is 23.7. The number of methoxy groups -OCH3 is 3. The van der Waals surface area contributed by atoms with Gasteiger partial charge in [-0.2, -0.15) is 0 Å². The molecular formula is C24H28N2O7. The Labute approximate surface area is 191 Å². The van der Waals surface area contributed by atoms with Gasteiger partial charge in [-0.3, -0.25) is 4.79 Å². The molecule has 3 heterocycles. The van der Waals surface area contributed by atoms with Crippen LogP contribution < -0.4 is 25.5 Å². The third-order valence-electron chi connectivity index (χ3n) is 6.13. The van der Waals surface area contributed by atoms with Crippen LogP contribution in [0.5, 0.6) is 17.2 Å². The van der Waals surface area contributed by atoms with Crippen molar-refractivity contribution in [1.29, 1.82) is 0 Å². The lowest BCUT2D eigenvalue weighted by atomic mass is 9.83. The summed E-state index contributed by atoms with van der Waals surface area (Å²) in [6.07, 6.45) is 1.81. The second-order valence-electron chi connectivity index (χ2n) is 8.03. The molecular weight excluding hydrogens is 428 g/mol. The van der Waals surface area contributed by atoms with Gasteiger partial charge < -0.3 is 34.0 Å². The van der Waals surface area contributed by atoms with E-state index >= 15 is 0 Å². The average molecular weight is 456 g/mol. The molecule has 0 amide bonds. The maximum atomic E-state index is 13.8. The van der Waals surface area contributed by atoms with Crippen LogP contribution in [0, 0.1) is 6.92 Å². The predicted molar refractivity (Wildman–Crippen MR) is 120 cm³/mol. The first-order valence-corrected chi connectivity index (χ1v) is 10.7. The van der Waals surface area contributed by atoms with E-state index in [0.717, 1.165) is 18.5 Å². The molecule has 4 rings (SSSR count). The third-order valence-corrected chi connectivity index (χ3v) is 6.13. The van der Waals surface area contributed by atoms with E-state index in [9.17, 15) is 9.59 Å². The SMILES string of the molecule is COC(=O)C1=C(N)Oc2cc(C)n(C[C@@H]3CCCO3)c(=O)c2[C@@H]1c1ccc(OC)c(OC)c1. The molecule has 0 saturated carbocycles. The molecule has 1 saturated heterocycles. The van der Waals surface area contributed by atoms with Gasteiger partial charge in [0.05, 0.1) is 45.5 Å². The van der Waals surface area contributed by atoms with Gasteiger partial charge in [0.2, 0.25) is 5.88 Å². The zero-order valence-corrected chi connectivity index (χ0v) is 19.2. The van der Waals surface area contributed by atoms with Crippen LogP contribution in [0.2, 0.25) is 0 Å². The molecule has 2 aliphatic rings. The summed E-state index contributed by atoms with van der Waals surface area (Å²) in [6.45, 7) is 2.94. The number of esters is 1. The number of pyridine rings is 1. The summed E-state index contributed by atoms with van der Waals surface area (Å²) >= 11 is 0. The Morgan fingerprint density at radius 1 is 1.18 bits per heavy atom. The highest BCUT2D eigenvalue weighted by molar-refractivity contribution is 5.92. The van der Waals surface area contributed by atoms with Crippen molar-refractivity contribution >= 4 is 5.97 Å². The fraction of sp³-hybridized carbons (Fsp3) is 0.417. The number of benzene rings is 1. The van der Waals surface area contributed by atoms with E-state index in [-0.39, 0.29) is 23.1 Å². The summed E-state index contributed by atoms with van der Waals surface area (Å²) in [5.41, 5.74) is 7.59. The lowest BCUT2D eigenvalue weighted by Crippen LogP contribution is -2.36. The van der Waals surface area contributed by atoms with Gasteiger partial charge in [-0.25, -0.2) is 4.79 Å². The molecule has 0 aliphatic carbocycles. The number of rotatable bonds is 6. The number of carbonyl (C=O) groups is 1. The van der Waals surface area contributed by atoms with Crippen molar-refractivity contribution in [3.8, 4) is 17.2 Å². The molecule has 9 heteroatoms. The van der Waals surface area contributed by atoms with Crippen LogP contribution in [0.15, 0.2) is 40.5 Å². The van der Waals surface area contributed by atoms with Crippen molar-refractivity contribution in [2.45, 2.75) is 38.3 Å². The van der Waals surface area contributed by atoms with E-state index in [1.165, 1.54) is 21.3 Å². The Morgan fingerprint density at radius 2 is 1.94 bits per heavy atom. The highest BCUT2D eigenvalue weighted by Crippen LogP contribution is 2.43. The Kier molecular flexibility index (Phi) is 6.33. The summed E-state index contributed by atoms with van der Waals surface area (Å²) in [5.74, 6) is -0.313. The quantitative estimate of drug-likeness (QED) is 0.659. The smallest absolute Gasteiger partial charge is 0.340 e. The number of carbonyl (C=O) groups excluding carboxylic acids is 1. The summed E-state index contributed by atoms with van der Waals surface area (Å²) in [6, 6.07) is 6.97. The minimum absolute atomic E-state index is 0.0378. The molecule has 0 bridgehead atoms. The van der Waals surface area contributed by atoms with E-state index in [4.69, 9.17) is 29.4 Å². The summed E-state index contributed by atoms with van der Waals surface area (Å²) in [7, 11) is 4.31. The Hall–Kier alpha value is -3.46. The minimum atomic E-state index is -0.815. The molecule has 0 radical (unpaired) electrons. The van der Waals surface area contributed by atoms with Gasteiger partial charge >= 0.3 is 5.97 Å². The number of nitrogens with zero attached hydrogens (tertiary/aromatic N) is 1. The molecule has 1 fully saturated rings. The van der Waals surface area contributed by atoms with Crippen molar-refractivity contribution in [3.05, 3.63) is 62.9 Å². The van der Waals surface area contributed by atoms with Crippen molar-refractivity contribution in [2.75, 3.05) is 27.9 Å². The molecule has 2 N–H and O–H groups in total.